The second-order valence-corrected chi connectivity index (χ2v) is 7.76. The molecule has 4 nitrogen and oxygen atoms in total. The van der Waals surface area contributed by atoms with Crippen molar-refractivity contribution < 1.29 is 18.4 Å². The number of Topliss-reactive ketones (excluding diaryl/α,β-unsaturated/α-hetero) is 2. The molecule has 0 saturated carbocycles. The van der Waals surface area contributed by atoms with Crippen LogP contribution in [0.3, 0.4) is 0 Å². The van der Waals surface area contributed by atoms with Gasteiger partial charge in [0.25, 0.3) is 0 Å². The maximum atomic E-state index is 12.6. The number of hydrogen-bond donors (Lipinski definition) is 0. The number of allylic oxidation sites excluding steroid dienone is 1. The van der Waals surface area contributed by atoms with Crippen LogP contribution in [0.25, 0.3) is 27.9 Å². The van der Waals surface area contributed by atoms with Crippen molar-refractivity contribution in [2.45, 2.75) is 0 Å². The number of ketones is 2. The lowest BCUT2D eigenvalue weighted by Gasteiger charge is -1.98. The molecule has 7 heteroatoms. The Bertz CT molecular complexity index is 1200. The molecule has 0 N–H and O–H groups in total. The van der Waals surface area contributed by atoms with Gasteiger partial charge in [0.15, 0.2) is 22.7 Å². The van der Waals surface area contributed by atoms with E-state index in [9.17, 15) is 9.59 Å². The zero-order valence-electron chi connectivity index (χ0n) is 13.4. The van der Waals surface area contributed by atoms with Crippen LogP contribution in [0.1, 0.15) is 26.5 Å². The number of rotatable bonds is 2. The van der Waals surface area contributed by atoms with Crippen LogP contribution in [-0.4, -0.2) is 11.6 Å². The number of hydrogen-bond acceptors (Lipinski definition) is 5. The van der Waals surface area contributed by atoms with Crippen molar-refractivity contribution in [2.75, 3.05) is 0 Å². The Morgan fingerprint density at radius 3 is 2.15 bits per heavy atom. The molecule has 5 rings (SSSR count). The van der Waals surface area contributed by atoms with E-state index in [0.29, 0.717) is 22.7 Å². The van der Waals surface area contributed by atoms with Crippen molar-refractivity contribution in [1.82, 2.24) is 0 Å². The first-order valence-electron chi connectivity index (χ1n) is 7.88. The molecule has 1 aliphatic carbocycles. The molecule has 0 unspecified atom stereocenters. The summed E-state index contributed by atoms with van der Waals surface area (Å²) in [5.74, 6) is 0.271. The highest BCUT2D eigenvalue weighted by molar-refractivity contribution is 7.13. The van der Waals surface area contributed by atoms with Crippen LogP contribution < -0.4 is 0 Å². The molecule has 0 aliphatic heterocycles. The fourth-order valence-electron chi connectivity index (χ4n) is 3.05. The minimum atomic E-state index is -0.402. The Morgan fingerprint density at radius 2 is 1.56 bits per heavy atom. The summed E-state index contributed by atoms with van der Waals surface area (Å²) in [6, 6.07) is 10.2. The molecule has 0 saturated heterocycles. The van der Waals surface area contributed by atoms with E-state index >= 15 is 0 Å². The summed E-state index contributed by atoms with van der Waals surface area (Å²) in [4.78, 5) is 26.2. The van der Waals surface area contributed by atoms with E-state index < -0.39 is 11.6 Å². The number of benzene rings is 1. The Kier molecular flexibility index (Phi) is 3.65. The number of halogens is 2. The van der Waals surface area contributed by atoms with Crippen LogP contribution in [0.15, 0.2) is 56.2 Å². The summed E-state index contributed by atoms with van der Waals surface area (Å²) in [5, 5.41) is 2.42. The fraction of sp³-hybridized carbons (Fsp3) is 0. The van der Waals surface area contributed by atoms with Gasteiger partial charge in [-0.2, -0.15) is 0 Å². The van der Waals surface area contributed by atoms with E-state index in [1.54, 1.807) is 23.5 Å². The van der Waals surface area contributed by atoms with E-state index in [1.165, 1.54) is 18.2 Å². The molecule has 0 radical (unpaired) electrons. The molecule has 27 heavy (non-hydrogen) atoms. The molecule has 3 heterocycles. The summed E-state index contributed by atoms with van der Waals surface area (Å²) in [6.45, 7) is 0. The predicted molar refractivity (Wildman–Crippen MR) is 105 cm³/mol. The highest BCUT2D eigenvalue weighted by Gasteiger charge is 2.34. The van der Waals surface area contributed by atoms with Gasteiger partial charge < -0.3 is 8.83 Å². The first-order chi connectivity index (χ1) is 13.0. The molecule has 1 aliphatic rings. The normalized spacial score (nSPS) is 13.6. The van der Waals surface area contributed by atoms with Crippen molar-refractivity contribution in [1.29, 1.82) is 0 Å². The molecular formula is C20H8Cl2O4S. The van der Waals surface area contributed by atoms with Crippen LogP contribution in [0.2, 0.25) is 10.0 Å². The van der Waals surface area contributed by atoms with Gasteiger partial charge >= 0.3 is 0 Å². The van der Waals surface area contributed by atoms with Crippen LogP contribution in [0.5, 0.6) is 0 Å². The van der Waals surface area contributed by atoms with Gasteiger partial charge in [-0.05, 0) is 29.7 Å². The van der Waals surface area contributed by atoms with Gasteiger partial charge in [-0.25, -0.2) is 0 Å². The van der Waals surface area contributed by atoms with Crippen molar-refractivity contribution in [2.24, 2.45) is 0 Å². The molecule has 132 valence electrons. The van der Waals surface area contributed by atoms with Crippen molar-refractivity contribution in [3.8, 4) is 10.6 Å². The third kappa shape index (κ3) is 2.58. The monoisotopic (exact) mass is 414 g/mol. The molecule has 0 fully saturated rings. The SMILES string of the molecule is O=C1C(=Cc2cc3oc(-c4cccs4)cc3o2)C(=O)c2cc(Cl)c(Cl)cc21. The number of carbonyl (C=O) groups excluding carboxylic acids is 2. The zero-order valence-corrected chi connectivity index (χ0v) is 15.7. The Hall–Kier alpha value is -2.60. The van der Waals surface area contributed by atoms with Crippen LogP contribution >= 0.6 is 34.5 Å². The minimum absolute atomic E-state index is 0.0122. The van der Waals surface area contributed by atoms with E-state index in [4.69, 9.17) is 32.0 Å². The van der Waals surface area contributed by atoms with E-state index in [-0.39, 0.29) is 26.7 Å². The van der Waals surface area contributed by atoms with Gasteiger partial charge in [-0.1, -0.05) is 29.3 Å². The van der Waals surface area contributed by atoms with Crippen molar-refractivity contribution >= 4 is 63.3 Å². The predicted octanol–water partition coefficient (Wildman–Crippen LogP) is 6.52. The summed E-state index contributed by atoms with van der Waals surface area (Å²) >= 11 is 13.5. The Labute approximate surface area is 166 Å². The van der Waals surface area contributed by atoms with Gasteiger partial charge in [0.05, 0.1) is 20.5 Å². The summed E-state index contributed by atoms with van der Waals surface area (Å²) in [6.07, 6.45) is 1.42. The summed E-state index contributed by atoms with van der Waals surface area (Å²) in [7, 11) is 0. The maximum absolute atomic E-state index is 12.6. The molecule has 0 spiro atoms. The highest BCUT2D eigenvalue weighted by atomic mass is 35.5. The Morgan fingerprint density at radius 1 is 0.889 bits per heavy atom. The lowest BCUT2D eigenvalue weighted by Crippen LogP contribution is -1.99. The Balaban J connectivity index is 1.54. The largest absolute Gasteiger partial charge is 0.453 e. The third-order valence-corrected chi connectivity index (χ3v) is 5.92. The molecule has 0 bridgehead atoms. The lowest BCUT2D eigenvalue weighted by atomic mass is 10.1. The average molecular weight is 415 g/mol. The zero-order chi connectivity index (χ0) is 18.7. The quantitative estimate of drug-likeness (QED) is 0.276. The summed E-state index contributed by atoms with van der Waals surface area (Å²) < 4.78 is 11.5. The van der Waals surface area contributed by atoms with Gasteiger partial charge in [0.2, 0.25) is 0 Å². The third-order valence-electron chi connectivity index (χ3n) is 4.32. The molecule has 0 atom stereocenters. The molecule has 1 aromatic carbocycles. The molecule has 3 aromatic heterocycles. The number of furan rings is 2. The lowest BCUT2D eigenvalue weighted by molar-refractivity contribution is 0.0990. The van der Waals surface area contributed by atoms with Crippen LogP contribution in [0, 0.1) is 0 Å². The van der Waals surface area contributed by atoms with Crippen LogP contribution in [-0.2, 0) is 0 Å². The molecule has 0 amide bonds. The first-order valence-corrected chi connectivity index (χ1v) is 9.52. The smallest absolute Gasteiger partial charge is 0.197 e. The number of fused-ring (bicyclic) bond motifs is 2. The van der Waals surface area contributed by atoms with Crippen LogP contribution in [0.4, 0.5) is 0 Å². The molecule has 4 aromatic rings. The minimum Gasteiger partial charge on any atom is -0.453 e. The highest BCUT2D eigenvalue weighted by Crippen LogP contribution is 2.36. The van der Waals surface area contributed by atoms with Crippen molar-refractivity contribution in [3.05, 3.63) is 74.3 Å². The van der Waals surface area contributed by atoms with Gasteiger partial charge in [-0.3, -0.25) is 9.59 Å². The number of thiophene rings is 1. The van der Waals surface area contributed by atoms with E-state index in [2.05, 4.69) is 0 Å². The van der Waals surface area contributed by atoms with Gasteiger partial charge in [0, 0.05) is 23.3 Å². The van der Waals surface area contributed by atoms with E-state index in [0.717, 1.165) is 4.88 Å². The summed E-state index contributed by atoms with van der Waals surface area (Å²) in [5.41, 5.74) is 1.60. The second-order valence-electron chi connectivity index (χ2n) is 5.99. The second kappa shape index (κ2) is 5.96. The first kappa shape index (κ1) is 16.6. The standard InChI is InChI=1S/C20H8Cl2O4S/c21-13-6-10-11(7-14(13)22)20(24)12(19(10)23)4-9-5-15-16(25-9)8-17(26-15)18-2-1-3-27-18/h1-8H. The van der Waals surface area contributed by atoms with E-state index in [1.807, 2.05) is 17.5 Å². The fourth-order valence-corrected chi connectivity index (χ4v) is 4.06. The average Bonchev–Trinajstić information content (AvgIpc) is 3.38. The topological polar surface area (TPSA) is 60.4 Å². The maximum Gasteiger partial charge on any atom is 0.197 e. The molecular weight excluding hydrogens is 407 g/mol. The van der Waals surface area contributed by atoms with Gasteiger partial charge in [-0.15, -0.1) is 11.3 Å². The number of carbonyl (C=O) groups is 2. The van der Waals surface area contributed by atoms with Gasteiger partial charge in [0.1, 0.15) is 11.5 Å². The van der Waals surface area contributed by atoms with Crippen molar-refractivity contribution in [3.63, 3.8) is 0 Å².